The second-order valence-electron chi connectivity index (χ2n) is 7.88. The van der Waals surface area contributed by atoms with Crippen LogP contribution in [0.2, 0.25) is 0 Å². The average Bonchev–Trinajstić information content (AvgIpc) is 3.25. The van der Waals surface area contributed by atoms with E-state index in [1.54, 1.807) is 30.5 Å². The van der Waals surface area contributed by atoms with Crippen molar-refractivity contribution in [1.82, 2.24) is 29.5 Å². The number of benzene rings is 1. The molecule has 34 heavy (non-hydrogen) atoms. The summed E-state index contributed by atoms with van der Waals surface area (Å²) in [6.45, 7) is 2.20. The lowest BCUT2D eigenvalue weighted by Crippen LogP contribution is -2.37. The third-order valence-electron chi connectivity index (χ3n) is 5.35. The smallest absolute Gasteiger partial charge is 0.296 e. The molecule has 1 aliphatic heterocycles. The van der Waals surface area contributed by atoms with Gasteiger partial charge in [-0.3, -0.25) is 4.57 Å². The van der Waals surface area contributed by atoms with Crippen molar-refractivity contribution in [2.24, 2.45) is 0 Å². The molecule has 0 atom stereocenters. The van der Waals surface area contributed by atoms with E-state index in [0.717, 1.165) is 5.82 Å². The van der Waals surface area contributed by atoms with Crippen molar-refractivity contribution in [1.29, 1.82) is 0 Å². The molecule has 0 bridgehead atoms. The van der Waals surface area contributed by atoms with E-state index >= 15 is 0 Å². The first-order valence-corrected chi connectivity index (χ1v) is 10.7. The molecule has 1 N–H and O–H groups in total. The van der Waals surface area contributed by atoms with Crippen LogP contribution in [0.5, 0.6) is 0 Å². The number of nitrogens with one attached hydrogen (secondary N) is 1. The van der Waals surface area contributed by atoms with Gasteiger partial charge in [-0.1, -0.05) is 12.1 Å². The Morgan fingerprint density at radius 1 is 0.971 bits per heavy atom. The van der Waals surface area contributed by atoms with Gasteiger partial charge in [-0.25, -0.2) is 18.7 Å². The lowest BCUT2D eigenvalue weighted by molar-refractivity contribution is 0.122. The van der Waals surface area contributed by atoms with Crippen LogP contribution in [0, 0.1) is 0 Å². The van der Waals surface area contributed by atoms with Crippen LogP contribution in [0.1, 0.15) is 12.2 Å². The Morgan fingerprint density at radius 3 is 2.44 bits per heavy atom. The second-order valence-corrected chi connectivity index (χ2v) is 7.88. The van der Waals surface area contributed by atoms with Crippen LogP contribution < -0.4 is 15.1 Å². The van der Waals surface area contributed by atoms with E-state index in [2.05, 4.69) is 30.2 Å². The monoisotopic (exact) mass is 467 g/mol. The average molecular weight is 467 g/mol. The molecule has 4 heterocycles. The zero-order chi connectivity index (χ0) is 23.7. The largest absolute Gasteiger partial charge is 0.378 e. The molecule has 0 saturated carbocycles. The highest BCUT2D eigenvalue weighted by Gasteiger charge is 2.24. The zero-order valence-corrected chi connectivity index (χ0v) is 18.7. The quantitative estimate of drug-likeness (QED) is 0.458. The summed E-state index contributed by atoms with van der Waals surface area (Å²) in [5.74, 6) is 1.00. The van der Waals surface area contributed by atoms with Gasteiger partial charge in [0.25, 0.3) is 6.43 Å². The van der Waals surface area contributed by atoms with E-state index in [0.29, 0.717) is 49.0 Å². The summed E-state index contributed by atoms with van der Waals surface area (Å²) in [5.41, 5.74) is 1.57. The van der Waals surface area contributed by atoms with E-state index in [4.69, 9.17) is 4.74 Å². The summed E-state index contributed by atoms with van der Waals surface area (Å²) in [6, 6.07) is 10.6. The summed E-state index contributed by atoms with van der Waals surface area (Å²) in [6.07, 6.45) is -1.15. The van der Waals surface area contributed by atoms with Gasteiger partial charge < -0.3 is 19.9 Å². The molecule has 4 aromatic rings. The topological polar surface area (TPSA) is 97.1 Å². The van der Waals surface area contributed by atoms with Crippen LogP contribution >= 0.6 is 0 Å². The standard InChI is InChI=1S/C22H23F2N9O/c1-31(2)17-8-7-14(13-25-17)26-20-28-21(32-9-11-34-12-10-32)30-22(29-20)33-16-6-4-3-5-15(16)27-19(33)18(23)24/h3-8,13,18H,9-12H2,1-2H3,(H,26,28,29,30). The Kier molecular flexibility index (Phi) is 5.88. The number of rotatable bonds is 6. The van der Waals surface area contributed by atoms with Crippen molar-refractivity contribution < 1.29 is 13.5 Å². The van der Waals surface area contributed by atoms with Gasteiger partial charge in [0.15, 0.2) is 5.82 Å². The number of fused-ring (bicyclic) bond motifs is 1. The van der Waals surface area contributed by atoms with Crippen LogP contribution in [0.25, 0.3) is 17.0 Å². The maximum absolute atomic E-state index is 13.9. The molecule has 0 radical (unpaired) electrons. The Balaban J connectivity index is 1.61. The molecule has 5 rings (SSSR count). The van der Waals surface area contributed by atoms with Crippen molar-refractivity contribution in [2.75, 3.05) is 55.5 Å². The van der Waals surface area contributed by atoms with Crippen molar-refractivity contribution in [2.45, 2.75) is 6.43 Å². The number of alkyl halides is 2. The van der Waals surface area contributed by atoms with E-state index in [1.165, 1.54) is 4.57 Å². The Bertz CT molecular complexity index is 1290. The number of morpholine rings is 1. The SMILES string of the molecule is CN(C)c1ccc(Nc2nc(N3CCOCC3)nc(-n3c(C(F)F)nc4ccccc43)n2)cn1. The number of hydrogen-bond acceptors (Lipinski definition) is 9. The number of ether oxygens (including phenoxy) is 1. The third-order valence-corrected chi connectivity index (χ3v) is 5.35. The molecule has 0 spiro atoms. The Hall–Kier alpha value is -3.93. The predicted molar refractivity (Wildman–Crippen MR) is 124 cm³/mol. The second kappa shape index (κ2) is 9.14. The molecule has 1 saturated heterocycles. The van der Waals surface area contributed by atoms with E-state index in [1.807, 2.05) is 36.0 Å². The maximum Gasteiger partial charge on any atom is 0.296 e. The highest BCUT2D eigenvalue weighted by Crippen LogP contribution is 2.28. The van der Waals surface area contributed by atoms with E-state index in [9.17, 15) is 8.78 Å². The van der Waals surface area contributed by atoms with E-state index in [-0.39, 0.29) is 11.9 Å². The maximum atomic E-state index is 13.9. The van der Waals surface area contributed by atoms with Crippen LogP contribution in [-0.2, 0) is 4.74 Å². The molecule has 0 aliphatic carbocycles. The molecule has 3 aromatic heterocycles. The predicted octanol–water partition coefficient (Wildman–Crippen LogP) is 3.19. The van der Waals surface area contributed by atoms with Crippen molar-refractivity contribution in [3.8, 4) is 5.95 Å². The number of halogens is 2. The number of imidazole rings is 1. The van der Waals surface area contributed by atoms with Gasteiger partial charge in [0.1, 0.15) is 5.82 Å². The number of nitrogens with zero attached hydrogens (tertiary/aromatic N) is 8. The molecule has 12 heteroatoms. The van der Waals surface area contributed by atoms with Crippen molar-refractivity contribution >= 4 is 34.4 Å². The highest BCUT2D eigenvalue weighted by atomic mass is 19.3. The van der Waals surface area contributed by atoms with Gasteiger partial charge in [-0.2, -0.15) is 15.0 Å². The number of pyridine rings is 1. The fraction of sp³-hybridized carbons (Fsp3) is 0.318. The van der Waals surface area contributed by atoms with Gasteiger partial charge in [0, 0.05) is 27.2 Å². The highest BCUT2D eigenvalue weighted by molar-refractivity contribution is 5.77. The molecule has 176 valence electrons. The van der Waals surface area contributed by atoms with Crippen LogP contribution in [0.3, 0.4) is 0 Å². The van der Waals surface area contributed by atoms with Gasteiger partial charge in [-0.05, 0) is 24.3 Å². The normalized spacial score (nSPS) is 14.1. The first kappa shape index (κ1) is 21.9. The number of para-hydroxylation sites is 2. The number of hydrogen-bond donors (Lipinski definition) is 1. The minimum absolute atomic E-state index is 0.0564. The molecule has 0 amide bonds. The lowest BCUT2D eigenvalue weighted by atomic mass is 10.3. The van der Waals surface area contributed by atoms with E-state index < -0.39 is 12.2 Å². The fourth-order valence-corrected chi connectivity index (χ4v) is 3.67. The lowest BCUT2D eigenvalue weighted by Gasteiger charge is -2.27. The van der Waals surface area contributed by atoms with Gasteiger partial charge in [0.2, 0.25) is 17.8 Å². The summed E-state index contributed by atoms with van der Waals surface area (Å²) < 4.78 is 34.6. The number of aromatic nitrogens is 6. The Morgan fingerprint density at radius 2 is 1.74 bits per heavy atom. The zero-order valence-electron chi connectivity index (χ0n) is 18.7. The first-order valence-electron chi connectivity index (χ1n) is 10.7. The fourth-order valence-electron chi connectivity index (χ4n) is 3.67. The number of anilines is 4. The molecular weight excluding hydrogens is 444 g/mol. The van der Waals surface area contributed by atoms with Crippen molar-refractivity contribution in [3.05, 3.63) is 48.4 Å². The van der Waals surface area contributed by atoms with Crippen LogP contribution in [0.15, 0.2) is 42.6 Å². The van der Waals surface area contributed by atoms with Gasteiger partial charge in [0.05, 0.1) is 36.1 Å². The molecule has 1 fully saturated rings. The minimum atomic E-state index is -2.81. The summed E-state index contributed by atoms with van der Waals surface area (Å²) in [7, 11) is 3.80. The van der Waals surface area contributed by atoms with Crippen molar-refractivity contribution in [3.63, 3.8) is 0 Å². The molecule has 0 unspecified atom stereocenters. The molecular formula is C22H23F2N9O. The van der Waals surface area contributed by atoms with Crippen LogP contribution in [-0.4, -0.2) is 69.9 Å². The summed E-state index contributed by atoms with van der Waals surface area (Å²) in [5, 5.41) is 3.13. The molecule has 1 aliphatic rings. The molecule has 1 aromatic carbocycles. The van der Waals surface area contributed by atoms with Crippen LogP contribution in [0.4, 0.5) is 32.2 Å². The van der Waals surface area contributed by atoms with Gasteiger partial charge >= 0.3 is 0 Å². The Labute approximate surface area is 194 Å². The summed E-state index contributed by atoms with van der Waals surface area (Å²) in [4.78, 5) is 25.9. The minimum Gasteiger partial charge on any atom is -0.378 e. The summed E-state index contributed by atoms with van der Waals surface area (Å²) >= 11 is 0. The third kappa shape index (κ3) is 4.31. The first-order chi connectivity index (χ1) is 16.5. The van der Waals surface area contributed by atoms with Gasteiger partial charge in [-0.15, -0.1) is 0 Å². The molecule has 10 nitrogen and oxygen atoms in total.